The van der Waals surface area contributed by atoms with Crippen molar-refractivity contribution in [1.29, 1.82) is 0 Å². The lowest BCUT2D eigenvalue weighted by Crippen LogP contribution is -2.52. The van der Waals surface area contributed by atoms with Crippen molar-refractivity contribution >= 4 is 23.4 Å². The van der Waals surface area contributed by atoms with Crippen LogP contribution in [0.4, 0.5) is 0 Å². The summed E-state index contributed by atoms with van der Waals surface area (Å²) >= 11 is 6.04. The monoisotopic (exact) mass is 469 g/mol. The van der Waals surface area contributed by atoms with E-state index in [0.717, 1.165) is 48.3 Å². The predicted octanol–water partition coefficient (Wildman–Crippen LogP) is 4.65. The summed E-state index contributed by atoms with van der Waals surface area (Å²) in [5.74, 6) is -0.132. The van der Waals surface area contributed by atoms with Crippen LogP contribution < -0.4 is 10.6 Å². The Balaban J connectivity index is 1.41. The van der Waals surface area contributed by atoms with E-state index in [9.17, 15) is 9.59 Å². The molecule has 0 saturated heterocycles. The summed E-state index contributed by atoms with van der Waals surface area (Å²) in [4.78, 5) is 27.0. The Kier molecular flexibility index (Phi) is 8.93. The summed E-state index contributed by atoms with van der Waals surface area (Å²) < 4.78 is 0. The normalized spacial score (nSPS) is 20.5. The molecule has 6 heteroatoms. The molecule has 1 aliphatic carbocycles. The fourth-order valence-electron chi connectivity index (χ4n) is 4.68. The van der Waals surface area contributed by atoms with Crippen LogP contribution in [0.15, 0.2) is 48.5 Å². The molecule has 0 atom stereocenters. The summed E-state index contributed by atoms with van der Waals surface area (Å²) in [5, 5.41) is 6.82. The minimum Gasteiger partial charge on any atom is -0.353 e. The zero-order chi connectivity index (χ0) is 23.8. The van der Waals surface area contributed by atoms with Gasteiger partial charge in [0.25, 0.3) is 0 Å². The van der Waals surface area contributed by atoms with Crippen molar-refractivity contribution in [2.24, 2.45) is 0 Å². The molecule has 0 aromatic heterocycles. The first-order valence-corrected chi connectivity index (χ1v) is 12.2. The molecule has 33 heavy (non-hydrogen) atoms. The van der Waals surface area contributed by atoms with Gasteiger partial charge in [-0.25, -0.2) is 0 Å². The number of carbonyl (C=O) groups excluding carboxylic acids is 2. The predicted molar refractivity (Wildman–Crippen MR) is 134 cm³/mol. The first-order chi connectivity index (χ1) is 15.8. The van der Waals surface area contributed by atoms with Gasteiger partial charge in [-0.15, -0.1) is 0 Å². The standard InChI is InChI=1S/C27H36ClN3O2/c1-20-6-4-5-7-22(20)19-29-25(32)12-13-26(33)30-24-14-16-27(17-15-24,31(2)3)18-21-8-10-23(28)11-9-21/h4-11,24H,12-19H2,1-3H3,(H,29,32)(H,30,33). The summed E-state index contributed by atoms with van der Waals surface area (Å²) in [5.41, 5.74) is 3.62. The Labute approximate surface area is 202 Å². The van der Waals surface area contributed by atoms with Crippen LogP contribution in [0.2, 0.25) is 5.02 Å². The van der Waals surface area contributed by atoms with Crippen LogP contribution in [-0.2, 0) is 22.6 Å². The van der Waals surface area contributed by atoms with Crippen LogP contribution in [0.25, 0.3) is 0 Å². The van der Waals surface area contributed by atoms with Gasteiger partial charge in [0.2, 0.25) is 11.8 Å². The zero-order valence-corrected chi connectivity index (χ0v) is 20.8. The first kappa shape index (κ1) is 25.3. The number of likely N-dealkylation sites (N-methyl/N-ethyl adjacent to an activating group) is 1. The third kappa shape index (κ3) is 7.31. The van der Waals surface area contributed by atoms with Gasteiger partial charge in [0, 0.05) is 36.0 Å². The van der Waals surface area contributed by atoms with Crippen molar-refractivity contribution < 1.29 is 9.59 Å². The number of benzene rings is 2. The van der Waals surface area contributed by atoms with E-state index in [2.05, 4.69) is 41.8 Å². The lowest BCUT2D eigenvalue weighted by molar-refractivity contribution is -0.127. The maximum absolute atomic E-state index is 12.4. The average molecular weight is 470 g/mol. The zero-order valence-electron chi connectivity index (χ0n) is 20.0. The van der Waals surface area contributed by atoms with Gasteiger partial charge in [0.1, 0.15) is 0 Å². The minimum atomic E-state index is -0.0911. The Morgan fingerprint density at radius 1 is 1.00 bits per heavy atom. The summed E-state index contributed by atoms with van der Waals surface area (Å²) in [7, 11) is 4.29. The quantitative estimate of drug-likeness (QED) is 0.562. The molecule has 0 radical (unpaired) electrons. The van der Waals surface area contributed by atoms with E-state index in [1.165, 1.54) is 5.56 Å². The van der Waals surface area contributed by atoms with E-state index in [-0.39, 0.29) is 36.2 Å². The number of amides is 2. The molecule has 2 aromatic carbocycles. The number of rotatable bonds is 9. The van der Waals surface area contributed by atoms with E-state index in [1.807, 2.05) is 43.3 Å². The first-order valence-electron chi connectivity index (χ1n) is 11.8. The van der Waals surface area contributed by atoms with Gasteiger partial charge in [-0.1, -0.05) is 48.0 Å². The third-order valence-electron chi connectivity index (χ3n) is 6.99. The van der Waals surface area contributed by atoms with E-state index >= 15 is 0 Å². The van der Waals surface area contributed by atoms with Gasteiger partial charge in [0.15, 0.2) is 0 Å². The van der Waals surface area contributed by atoms with Crippen LogP contribution >= 0.6 is 11.6 Å². The Bertz CT molecular complexity index is 935. The second kappa shape index (κ2) is 11.7. The number of hydrogen-bond donors (Lipinski definition) is 2. The van der Waals surface area contributed by atoms with Crippen LogP contribution in [0, 0.1) is 6.92 Å². The molecular weight excluding hydrogens is 434 g/mol. The van der Waals surface area contributed by atoms with Crippen LogP contribution in [0.5, 0.6) is 0 Å². The summed E-state index contributed by atoms with van der Waals surface area (Å²) in [6.45, 7) is 2.52. The van der Waals surface area contributed by atoms with Crippen molar-refractivity contribution in [1.82, 2.24) is 15.5 Å². The Morgan fingerprint density at radius 2 is 1.64 bits per heavy atom. The lowest BCUT2D eigenvalue weighted by atomic mass is 9.75. The molecule has 2 amide bonds. The Morgan fingerprint density at radius 3 is 2.27 bits per heavy atom. The molecule has 2 aromatic rings. The van der Waals surface area contributed by atoms with Crippen LogP contribution in [-0.4, -0.2) is 42.4 Å². The molecule has 1 fully saturated rings. The van der Waals surface area contributed by atoms with E-state index in [1.54, 1.807) is 0 Å². The van der Waals surface area contributed by atoms with Crippen molar-refractivity contribution in [2.45, 2.75) is 70.0 Å². The van der Waals surface area contributed by atoms with Crippen molar-refractivity contribution in [3.05, 3.63) is 70.2 Å². The molecule has 2 N–H and O–H groups in total. The lowest BCUT2D eigenvalue weighted by Gasteiger charge is -2.45. The molecular formula is C27H36ClN3O2. The number of aryl methyl sites for hydroxylation is 1. The number of nitrogens with zero attached hydrogens (tertiary/aromatic N) is 1. The van der Waals surface area contributed by atoms with Crippen molar-refractivity contribution in [2.75, 3.05) is 14.1 Å². The van der Waals surface area contributed by atoms with Gasteiger partial charge in [-0.2, -0.15) is 0 Å². The molecule has 178 valence electrons. The van der Waals surface area contributed by atoms with Crippen molar-refractivity contribution in [3.8, 4) is 0 Å². The molecule has 0 heterocycles. The topological polar surface area (TPSA) is 61.4 Å². The summed E-state index contributed by atoms with van der Waals surface area (Å²) in [6.07, 6.45) is 5.32. The largest absolute Gasteiger partial charge is 0.353 e. The fourth-order valence-corrected chi connectivity index (χ4v) is 4.81. The number of nitrogens with one attached hydrogen (secondary N) is 2. The van der Waals surface area contributed by atoms with Gasteiger partial charge in [-0.05, 0) is 81.9 Å². The molecule has 5 nitrogen and oxygen atoms in total. The molecule has 0 bridgehead atoms. The molecule has 1 saturated carbocycles. The van der Waals surface area contributed by atoms with Gasteiger partial charge in [0.05, 0.1) is 0 Å². The van der Waals surface area contributed by atoms with Gasteiger partial charge >= 0.3 is 0 Å². The molecule has 0 spiro atoms. The maximum atomic E-state index is 12.4. The molecule has 0 unspecified atom stereocenters. The SMILES string of the molecule is Cc1ccccc1CNC(=O)CCC(=O)NC1CCC(Cc2ccc(Cl)cc2)(N(C)C)CC1. The smallest absolute Gasteiger partial charge is 0.220 e. The average Bonchev–Trinajstić information content (AvgIpc) is 2.80. The minimum absolute atomic E-state index is 0.0407. The Hall–Kier alpha value is -2.37. The van der Waals surface area contributed by atoms with Gasteiger partial charge in [-0.3, -0.25) is 9.59 Å². The van der Waals surface area contributed by atoms with Crippen molar-refractivity contribution in [3.63, 3.8) is 0 Å². The fraction of sp³-hybridized carbons (Fsp3) is 0.481. The highest BCUT2D eigenvalue weighted by molar-refractivity contribution is 6.30. The number of halogens is 1. The van der Waals surface area contributed by atoms with E-state index < -0.39 is 0 Å². The number of carbonyl (C=O) groups is 2. The second-order valence-electron chi connectivity index (χ2n) is 9.47. The summed E-state index contributed by atoms with van der Waals surface area (Å²) in [6, 6.07) is 16.3. The third-order valence-corrected chi connectivity index (χ3v) is 7.24. The van der Waals surface area contributed by atoms with Gasteiger partial charge < -0.3 is 15.5 Å². The van der Waals surface area contributed by atoms with E-state index in [4.69, 9.17) is 11.6 Å². The number of hydrogen-bond acceptors (Lipinski definition) is 3. The molecule has 0 aliphatic heterocycles. The second-order valence-corrected chi connectivity index (χ2v) is 9.90. The molecule has 3 rings (SSSR count). The highest BCUT2D eigenvalue weighted by atomic mass is 35.5. The highest BCUT2D eigenvalue weighted by Gasteiger charge is 2.37. The van der Waals surface area contributed by atoms with Crippen LogP contribution in [0.3, 0.4) is 0 Å². The molecule has 1 aliphatic rings. The maximum Gasteiger partial charge on any atom is 0.220 e. The highest BCUT2D eigenvalue weighted by Crippen LogP contribution is 2.35. The van der Waals surface area contributed by atoms with E-state index in [0.29, 0.717) is 6.54 Å². The van der Waals surface area contributed by atoms with Crippen LogP contribution in [0.1, 0.15) is 55.2 Å².